The third kappa shape index (κ3) is 3.43. The van der Waals surface area contributed by atoms with Gasteiger partial charge in [-0.2, -0.15) is 5.10 Å². The second-order valence-electron chi connectivity index (χ2n) is 6.50. The molecule has 0 bridgehead atoms. The summed E-state index contributed by atoms with van der Waals surface area (Å²) in [5, 5.41) is 7.37. The number of hydrogen-bond acceptors (Lipinski definition) is 7. The van der Waals surface area contributed by atoms with Crippen LogP contribution in [0.2, 0.25) is 0 Å². The number of hydrogen-bond donors (Lipinski definition) is 2. The Labute approximate surface area is 157 Å². The number of aromatic amines is 1. The quantitative estimate of drug-likeness (QED) is 0.712. The molecule has 1 aromatic carbocycles. The Hall–Kier alpha value is -3.13. The molecule has 0 spiro atoms. The molecule has 27 heavy (non-hydrogen) atoms. The van der Waals surface area contributed by atoms with Crippen molar-refractivity contribution in [1.29, 1.82) is 0 Å². The van der Waals surface area contributed by atoms with Gasteiger partial charge in [0.1, 0.15) is 0 Å². The molecule has 3 aromatic rings. The minimum Gasteiger partial charge on any atom is -0.493 e. The molecule has 8 nitrogen and oxygen atoms in total. The number of H-pyrrole nitrogens is 1. The van der Waals surface area contributed by atoms with Crippen molar-refractivity contribution in [2.75, 3.05) is 26.5 Å². The molecule has 0 aliphatic carbocycles. The molecular weight excluding hydrogens is 344 g/mol. The molecule has 0 unspecified atom stereocenters. The van der Waals surface area contributed by atoms with Crippen LogP contribution in [0, 0.1) is 0 Å². The maximum absolute atomic E-state index is 5.69. The molecule has 1 aliphatic heterocycles. The first kappa shape index (κ1) is 17.3. The summed E-state index contributed by atoms with van der Waals surface area (Å²) in [4.78, 5) is 10.8. The highest BCUT2D eigenvalue weighted by Crippen LogP contribution is 2.33. The van der Waals surface area contributed by atoms with Crippen LogP contribution in [-0.4, -0.2) is 45.8 Å². The second-order valence-corrected chi connectivity index (χ2v) is 6.50. The number of anilines is 1. The third-order valence-electron chi connectivity index (χ3n) is 4.82. The predicted octanol–water partition coefficient (Wildman–Crippen LogP) is 2.02. The van der Waals surface area contributed by atoms with Gasteiger partial charge in [-0.05, 0) is 18.2 Å². The molecule has 8 heteroatoms. The van der Waals surface area contributed by atoms with E-state index in [0.29, 0.717) is 17.4 Å². The van der Waals surface area contributed by atoms with Crippen LogP contribution in [0.25, 0.3) is 11.3 Å². The Balaban J connectivity index is 1.56. The summed E-state index contributed by atoms with van der Waals surface area (Å²) in [5.41, 5.74) is 11.0. The number of rotatable bonds is 5. The van der Waals surface area contributed by atoms with Crippen LogP contribution < -0.4 is 15.2 Å². The molecule has 0 atom stereocenters. The van der Waals surface area contributed by atoms with Gasteiger partial charge in [-0.3, -0.25) is 10.00 Å². The SMILES string of the molecule is COc1ccc(-c2[nH]ncc2CN2CCc3nc(N)ncc3C2)cc1OC. The van der Waals surface area contributed by atoms with E-state index in [9.17, 15) is 0 Å². The summed E-state index contributed by atoms with van der Waals surface area (Å²) in [5.74, 6) is 1.74. The predicted molar refractivity (Wildman–Crippen MR) is 101 cm³/mol. The number of ether oxygens (including phenoxy) is 2. The molecule has 0 fully saturated rings. The number of nitrogen functional groups attached to an aromatic ring is 1. The number of fused-ring (bicyclic) bond motifs is 1. The molecule has 140 valence electrons. The maximum Gasteiger partial charge on any atom is 0.220 e. The third-order valence-corrected chi connectivity index (χ3v) is 4.82. The van der Waals surface area contributed by atoms with Gasteiger partial charge in [-0.1, -0.05) is 0 Å². The molecular formula is C19H22N6O2. The van der Waals surface area contributed by atoms with E-state index in [2.05, 4.69) is 25.1 Å². The number of benzene rings is 1. The zero-order valence-electron chi connectivity index (χ0n) is 15.4. The van der Waals surface area contributed by atoms with E-state index in [0.717, 1.165) is 54.1 Å². The van der Waals surface area contributed by atoms with Crippen LogP contribution in [0.3, 0.4) is 0 Å². The van der Waals surface area contributed by atoms with E-state index >= 15 is 0 Å². The smallest absolute Gasteiger partial charge is 0.220 e. The number of aromatic nitrogens is 4. The highest BCUT2D eigenvalue weighted by molar-refractivity contribution is 5.66. The summed E-state index contributed by atoms with van der Waals surface area (Å²) in [6.45, 7) is 2.50. The van der Waals surface area contributed by atoms with E-state index in [1.165, 1.54) is 0 Å². The molecule has 2 aromatic heterocycles. The maximum atomic E-state index is 5.69. The number of methoxy groups -OCH3 is 2. The van der Waals surface area contributed by atoms with Crippen LogP contribution in [0.1, 0.15) is 16.8 Å². The topological polar surface area (TPSA) is 102 Å². The largest absolute Gasteiger partial charge is 0.493 e. The molecule has 3 heterocycles. The molecule has 3 N–H and O–H groups in total. The fraction of sp³-hybridized carbons (Fsp3) is 0.316. The summed E-state index contributed by atoms with van der Waals surface area (Å²) in [6, 6.07) is 5.86. The van der Waals surface area contributed by atoms with Crippen molar-refractivity contribution in [1.82, 2.24) is 25.1 Å². The summed E-state index contributed by atoms with van der Waals surface area (Å²) < 4.78 is 10.7. The molecule has 0 amide bonds. The van der Waals surface area contributed by atoms with Gasteiger partial charge in [-0.15, -0.1) is 0 Å². The van der Waals surface area contributed by atoms with Gasteiger partial charge in [0.25, 0.3) is 0 Å². The van der Waals surface area contributed by atoms with Gasteiger partial charge in [0, 0.05) is 48.9 Å². The van der Waals surface area contributed by atoms with Gasteiger partial charge in [0.15, 0.2) is 11.5 Å². The van der Waals surface area contributed by atoms with E-state index in [-0.39, 0.29) is 0 Å². The zero-order chi connectivity index (χ0) is 18.8. The zero-order valence-corrected chi connectivity index (χ0v) is 15.4. The molecule has 1 aliphatic rings. The normalized spacial score (nSPS) is 14.0. The van der Waals surface area contributed by atoms with Crippen LogP contribution >= 0.6 is 0 Å². The Kier molecular flexibility index (Phi) is 4.64. The summed E-state index contributed by atoms with van der Waals surface area (Å²) in [6.07, 6.45) is 4.57. The Morgan fingerprint density at radius 2 is 2.04 bits per heavy atom. The standard InChI is InChI=1S/C19H22N6O2/c1-26-16-4-3-12(7-17(16)27-2)18-14(9-22-24-18)11-25-6-5-15-13(10-25)8-21-19(20)23-15/h3-4,7-9H,5-6,10-11H2,1-2H3,(H,22,24)(H2,20,21,23). The molecule has 0 saturated carbocycles. The van der Waals surface area contributed by atoms with Crippen molar-refractivity contribution >= 4 is 5.95 Å². The van der Waals surface area contributed by atoms with Crippen molar-refractivity contribution in [2.45, 2.75) is 19.5 Å². The van der Waals surface area contributed by atoms with Crippen LogP contribution in [-0.2, 0) is 19.5 Å². The Morgan fingerprint density at radius 1 is 1.19 bits per heavy atom. The van der Waals surface area contributed by atoms with E-state index in [1.54, 1.807) is 14.2 Å². The lowest BCUT2D eigenvalue weighted by Gasteiger charge is -2.27. The van der Waals surface area contributed by atoms with E-state index in [1.807, 2.05) is 30.6 Å². The van der Waals surface area contributed by atoms with Gasteiger partial charge in [-0.25, -0.2) is 9.97 Å². The first-order valence-corrected chi connectivity index (χ1v) is 8.75. The first-order chi connectivity index (χ1) is 13.2. The summed E-state index contributed by atoms with van der Waals surface area (Å²) >= 11 is 0. The van der Waals surface area contributed by atoms with Gasteiger partial charge >= 0.3 is 0 Å². The van der Waals surface area contributed by atoms with E-state index < -0.39 is 0 Å². The van der Waals surface area contributed by atoms with Crippen LogP contribution in [0.4, 0.5) is 5.95 Å². The van der Waals surface area contributed by atoms with E-state index in [4.69, 9.17) is 15.2 Å². The van der Waals surface area contributed by atoms with Crippen molar-refractivity contribution in [2.24, 2.45) is 0 Å². The van der Waals surface area contributed by atoms with Gasteiger partial charge < -0.3 is 15.2 Å². The van der Waals surface area contributed by atoms with Crippen molar-refractivity contribution in [3.8, 4) is 22.8 Å². The number of nitrogens with two attached hydrogens (primary N) is 1. The second kappa shape index (κ2) is 7.24. The minimum atomic E-state index is 0.341. The van der Waals surface area contributed by atoms with Crippen molar-refractivity contribution in [3.63, 3.8) is 0 Å². The highest BCUT2D eigenvalue weighted by atomic mass is 16.5. The number of nitrogens with one attached hydrogen (secondary N) is 1. The van der Waals surface area contributed by atoms with Crippen LogP contribution in [0.15, 0.2) is 30.6 Å². The van der Waals surface area contributed by atoms with Crippen molar-refractivity contribution in [3.05, 3.63) is 47.4 Å². The average Bonchev–Trinajstić information content (AvgIpc) is 3.15. The fourth-order valence-corrected chi connectivity index (χ4v) is 3.44. The van der Waals surface area contributed by atoms with Crippen LogP contribution in [0.5, 0.6) is 11.5 Å². The minimum absolute atomic E-state index is 0.341. The van der Waals surface area contributed by atoms with Crippen molar-refractivity contribution < 1.29 is 9.47 Å². The lowest BCUT2D eigenvalue weighted by molar-refractivity contribution is 0.243. The molecule has 4 rings (SSSR count). The summed E-state index contributed by atoms with van der Waals surface area (Å²) in [7, 11) is 3.26. The Bertz CT molecular complexity index is 955. The van der Waals surface area contributed by atoms with Gasteiger partial charge in [0.2, 0.25) is 5.95 Å². The lowest BCUT2D eigenvalue weighted by atomic mass is 10.0. The fourth-order valence-electron chi connectivity index (χ4n) is 3.44. The monoisotopic (exact) mass is 366 g/mol. The molecule has 0 saturated heterocycles. The lowest BCUT2D eigenvalue weighted by Crippen LogP contribution is -2.31. The number of nitrogens with zero attached hydrogens (tertiary/aromatic N) is 4. The average molecular weight is 366 g/mol. The highest BCUT2D eigenvalue weighted by Gasteiger charge is 2.20. The molecule has 0 radical (unpaired) electrons. The Morgan fingerprint density at radius 3 is 2.85 bits per heavy atom. The van der Waals surface area contributed by atoms with Gasteiger partial charge in [0.05, 0.1) is 31.8 Å². The first-order valence-electron chi connectivity index (χ1n) is 8.75.